The van der Waals surface area contributed by atoms with Gasteiger partial charge in [0.15, 0.2) is 11.6 Å². The lowest BCUT2D eigenvalue weighted by Gasteiger charge is -2.17. The number of likely N-dealkylation sites (N-methyl/N-ethyl adjacent to an activating group) is 1. The Kier molecular flexibility index (Phi) is 4.52. The monoisotopic (exact) mass is 291 g/mol. The van der Waals surface area contributed by atoms with E-state index in [4.69, 9.17) is 0 Å². The molecule has 2 aromatic rings. The molecule has 21 heavy (non-hydrogen) atoms. The van der Waals surface area contributed by atoms with E-state index in [1.54, 1.807) is 19.2 Å². The van der Waals surface area contributed by atoms with Crippen molar-refractivity contribution in [2.45, 2.75) is 13.0 Å². The first-order chi connectivity index (χ1) is 9.97. The Morgan fingerprint density at radius 3 is 2.48 bits per heavy atom. The van der Waals surface area contributed by atoms with Crippen molar-refractivity contribution in [3.8, 4) is 5.75 Å². The number of nitrogens with zero attached hydrogens (tertiary/aromatic N) is 1. The van der Waals surface area contributed by atoms with Crippen LogP contribution >= 0.6 is 0 Å². The molecule has 2 rings (SSSR count). The van der Waals surface area contributed by atoms with Gasteiger partial charge in [0.2, 0.25) is 5.91 Å². The van der Waals surface area contributed by atoms with Gasteiger partial charge in [-0.15, -0.1) is 0 Å². The number of rotatable bonds is 4. The minimum Gasteiger partial charge on any atom is -0.508 e. The molecule has 0 aliphatic carbocycles. The number of hydrogen-bond donors (Lipinski definition) is 1. The Bertz CT molecular complexity index is 641. The van der Waals surface area contributed by atoms with Crippen LogP contribution in [0.15, 0.2) is 42.5 Å². The van der Waals surface area contributed by atoms with E-state index in [9.17, 15) is 18.7 Å². The van der Waals surface area contributed by atoms with Gasteiger partial charge in [-0.25, -0.2) is 8.78 Å². The topological polar surface area (TPSA) is 40.5 Å². The second kappa shape index (κ2) is 6.35. The van der Waals surface area contributed by atoms with Crippen molar-refractivity contribution in [2.75, 3.05) is 7.05 Å². The molecule has 0 aliphatic rings. The van der Waals surface area contributed by atoms with Crippen molar-refractivity contribution in [3.63, 3.8) is 0 Å². The van der Waals surface area contributed by atoms with Crippen LogP contribution in [0, 0.1) is 11.6 Å². The van der Waals surface area contributed by atoms with Gasteiger partial charge in [0.25, 0.3) is 0 Å². The summed E-state index contributed by atoms with van der Waals surface area (Å²) in [7, 11) is 1.59. The van der Waals surface area contributed by atoms with E-state index in [-0.39, 0.29) is 23.6 Å². The van der Waals surface area contributed by atoms with Crippen LogP contribution in [0.3, 0.4) is 0 Å². The number of aromatic hydroxyl groups is 1. The molecule has 0 atom stereocenters. The van der Waals surface area contributed by atoms with Gasteiger partial charge in [0, 0.05) is 19.2 Å². The highest BCUT2D eigenvalue weighted by Gasteiger charge is 2.15. The highest BCUT2D eigenvalue weighted by molar-refractivity contribution is 5.78. The first-order valence-corrected chi connectivity index (χ1v) is 6.42. The number of halogens is 2. The molecule has 0 aliphatic heterocycles. The average molecular weight is 291 g/mol. The molecular formula is C16H15F2NO2. The zero-order chi connectivity index (χ0) is 15.4. The van der Waals surface area contributed by atoms with Crippen molar-refractivity contribution in [1.82, 2.24) is 4.90 Å². The summed E-state index contributed by atoms with van der Waals surface area (Å²) in [6.07, 6.45) is -0.196. The molecule has 0 aromatic heterocycles. The predicted molar refractivity (Wildman–Crippen MR) is 74.6 cm³/mol. The molecule has 0 radical (unpaired) electrons. The summed E-state index contributed by atoms with van der Waals surface area (Å²) in [6.45, 7) is 0.329. The molecule has 2 aromatic carbocycles. The van der Waals surface area contributed by atoms with Gasteiger partial charge >= 0.3 is 0 Å². The van der Waals surface area contributed by atoms with Gasteiger partial charge in [-0.2, -0.15) is 0 Å². The first-order valence-electron chi connectivity index (χ1n) is 6.42. The van der Waals surface area contributed by atoms with Crippen molar-refractivity contribution >= 4 is 5.91 Å². The summed E-state index contributed by atoms with van der Waals surface area (Å²) in [6, 6.07) is 10.2. The first kappa shape index (κ1) is 15.0. The highest BCUT2D eigenvalue weighted by Crippen LogP contribution is 2.14. The molecule has 1 amide bonds. The average Bonchev–Trinajstić information content (AvgIpc) is 2.46. The van der Waals surface area contributed by atoms with Crippen molar-refractivity contribution in [2.24, 2.45) is 0 Å². The largest absolute Gasteiger partial charge is 0.508 e. The third-order valence-electron chi connectivity index (χ3n) is 3.16. The molecular weight excluding hydrogens is 276 g/mol. The van der Waals surface area contributed by atoms with E-state index in [2.05, 4.69) is 0 Å². The fourth-order valence-corrected chi connectivity index (χ4v) is 1.95. The minimum atomic E-state index is -0.983. The van der Waals surface area contributed by atoms with Crippen LogP contribution in [-0.4, -0.2) is 23.0 Å². The number of hydrogen-bond acceptors (Lipinski definition) is 2. The Labute approximate surface area is 121 Å². The number of phenols is 1. The van der Waals surface area contributed by atoms with Crippen LogP contribution in [0.1, 0.15) is 11.1 Å². The van der Waals surface area contributed by atoms with Crippen LogP contribution < -0.4 is 0 Å². The summed E-state index contributed by atoms with van der Waals surface area (Å²) in [5.74, 6) is -2.10. The summed E-state index contributed by atoms with van der Waals surface area (Å²) < 4.78 is 26.6. The maximum absolute atomic E-state index is 13.5. The van der Waals surface area contributed by atoms with Crippen LogP contribution in [-0.2, 0) is 17.8 Å². The lowest BCUT2D eigenvalue weighted by molar-refractivity contribution is -0.129. The fraction of sp³-hybridized carbons (Fsp3) is 0.188. The number of amides is 1. The van der Waals surface area contributed by atoms with E-state index in [0.717, 1.165) is 11.6 Å². The van der Waals surface area contributed by atoms with Crippen LogP contribution in [0.25, 0.3) is 0 Å². The van der Waals surface area contributed by atoms with Gasteiger partial charge in [-0.3, -0.25) is 4.79 Å². The van der Waals surface area contributed by atoms with Crippen LogP contribution in [0.2, 0.25) is 0 Å². The third kappa shape index (κ3) is 3.78. The normalized spacial score (nSPS) is 10.4. The lowest BCUT2D eigenvalue weighted by atomic mass is 10.1. The molecule has 0 spiro atoms. The Morgan fingerprint density at radius 2 is 1.81 bits per heavy atom. The molecule has 1 N–H and O–H groups in total. The maximum atomic E-state index is 13.5. The fourth-order valence-electron chi connectivity index (χ4n) is 1.95. The van der Waals surface area contributed by atoms with E-state index in [1.807, 2.05) is 0 Å². The number of carbonyl (C=O) groups excluding carboxylic acids is 1. The predicted octanol–water partition coefficient (Wildman–Crippen LogP) is 2.87. The van der Waals surface area contributed by atoms with E-state index in [1.165, 1.54) is 29.2 Å². The number of benzene rings is 2. The molecule has 0 saturated heterocycles. The van der Waals surface area contributed by atoms with Crippen molar-refractivity contribution in [3.05, 3.63) is 65.2 Å². The van der Waals surface area contributed by atoms with Crippen molar-refractivity contribution in [1.29, 1.82) is 0 Å². The van der Waals surface area contributed by atoms with Crippen LogP contribution in [0.4, 0.5) is 8.78 Å². The Hall–Kier alpha value is -2.43. The third-order valence-corrected chi connectivity index (χ3v) is 3.16. The smallest absolute Gasteiger partial charge is 0.227 e. The molecule has 0 fully saturated rings. The summed E-state index contributed by atoms with van der Waals surface area (Å²) >= 11 is 0. The molecule has 110 valence electrons. The molecule has 0 unspecified atom stereocenters. The van der Waals surface area contributed by atoms with Gasteiger partial charge in [0.05, 0.1) is 6.42 Å². The van der Waals surface area contributed by atoms with Gasteiger partial charge in [0.1, 0.15) is 5.75 Å². The molecule has 5 heteroatoms. The molecule has 3 nitrogen and oxygen atoms in total. The maximum Gasteiger partial charge on any atom is 0.227 e. The van der Waals surface area contributed by atoms with Crippen molar-refractivity contribution < 1.29 is 18.7 Å². The molecule has 0 saturated carbocycles. The second-order valence-corrected chi connectivity index (χ2v) is 4.81. The minimum absolute atomic E-state index is 0.0394. The number of phenolic OH excluding ortho intramolecular Hbond substituents is 1. The lowest BCUT2D eigenvalue weighted by Crippen LogP contribution is -2.28. The summed E-state index contributed by atoms with van der Waals surface area (Å²) in [5.41, 5.74) is 0.876. The van der Waals surface area contributed by atoms with Gasteiger partial charge < -0.3 is 10.0 Å². The Morgan fingerprint density at radius 1 is 1.14 bits per heavy atom. The zero-order valence-corrected chi connectivity index (χ0v) is 11.5. The quantitative estimate of drug-likeness (QED) is 0.941. The Balaban J connectivity index is 2.02. The van der Waals surface area contributed by atoms with E-state index >= 15 is 0 Å². The second-order valence-electron chi connectivity index (χ2n) is 4.81. The highest BCUT2D eigenvalue weighted by atomic mass is 19.2. The molecule has 0 bridgehead atoms. The standard InChI is InChI=1S/C16H15F2NO2/c1-19(10-11-5-7-13(20)8-6-11)15(21)9-12-3-2-4-14(17)16(12)18/h2-8,20H,9-10H2,1H3. The van der Waals surface area contributed by atoms with Crippen LogP contribution in [0.5, 0.6) is 5.75 Å². The van der Waals surface area contributed by atoms with Gasteiger partial charge in [-0.05, 0) is 23.8 Å². The summed E-state index contributed by atoms with van der Waals surface area (Å²) in [4.78, 5) is 13.5. The van der Waals surface area contributed by atoms with E-state index in [0.29, 0.717) is 6.54 Å². The number of carbonyl (C=O) groups is 1. The SMILES string of the molecule is CN(Cc1ccc(O)cc1)C(=O)Cc1cccc(F)c1F. The zero-order valence-electron chi connectivity index (χ0n) is 11.5. The van der Waals surface area contributed by atoms with E-state index < -0.39 is 11.6 Å². The summed E-state index contributed by atoms with van der Waals surface area (Å²) in [5, 5.41) is 9.19. The molecule has 0 heterocycles. The van der Waals surface area contributed by atoms with Gasteiger partial charge in [-0.1, -0.05) is 24.3 Å².